The van der Waals surface area contributed by atoms with Gasteiger partial charge in [-0.3, -0.25) is 5.10 Å². The molecule has 5 nitrogen and oxygen atoms in total. The number of nitrogens with two attached hydrogens (primary N) is 1. The molecule has 0 aliphatic rings. The number of nitrogens with zero attached hydrogens (tertiary/aromatic N) is 2. The van der Waals surface area contributed by atoms with Crippen LogP contribution in [0.4, 0.5) is 4.39 Å². The normalized spacial score (nSPS) is 10.5. The summed E-state index contributed by atoms with van der Waals surface area (Å²) in [5.41, 5.74) is 5.38. The minimum atomic E-state index is -0.330. The van der Waals surface area contributed by atoms with E-state index < -0.39 is 0 Å². The number of aromatic amines is 1. The molecular formula is C11H13FN4O. The molecule has 0 fully saturated rings. The Morgan fingerprint density at radius 1 is 1.41 bits per heavy atom. The first-order valence-corrected chi connectivity index (χ1v) is 5.26. The molecule has 3 N–H and O–H groups in total. The predicted molar refractivity (Wildman–Crippen MR) is 59.9 cm³/mol. The summed E-state index contributed by atoms with van der Waals surface area (Å²) in [6, 6.07) is 5.95. The first-order chi connectivity index (χ1) is 8.28. The molecule has 0 radical (unpaired) electrons. The second-order valence-electron chi connectivity index (χ2n) is 3.48. The van der Waals surface area contributed by atoms with Gasteiger partial charge in [0.25, 0.3) is 0 Å². The maximum Gasteiger partial charge on any atom is 0.162 e. The number of nitrogens with one attached hydrogen (secondary N) is 1. The topological polar surface area (TPSA) is 76.8 Å². The molecule has 17 heavy (non-hydrogen) atoms. The average Bonchev–Trinajstić information content (AvgIpc) is 2.75. The van der Waals surface area contributed by atoms with Crippen LogP contribution in [-0.2, 0) is 13.0 Å². The second-order valence-corrected chi connectivity index (χ2v) is 3.48. The highest BCUT2D eigenvalue weighted by molar-refractivity contribution is 5.22. The van der Waals surface area contributed by atoms with Gasteiger partial charge in [-0.05, 0) is 18.7 Å². The monoisotopic (exact) mass is 236 g/mol. The van der Waals surface area contributed by atoms with Crippen LogP contribution in [0, 0.1) is 5.82 Å². The van der Waals surface area contributed by atoms with Gasteiger partial charge in [-0.2, -0.15) is 5.10 Å². The third-order valence-corrected chi connectivity index (χ3v) is 2.12. The molecule has 0 unspecified atom stereocenters. The Balaban J connectivity index is 1.93. The van der Waals surface area contributed by atoms with Gasteiger partial charge in [0.2, 0.25) is 0 Å². The Morgan fingerprint density at radius 2 is 2.29 bits per heavy atom. The molecule has 1 aromatic carbocycles. The standard InChI is InChI=1S/C11H13FN4O/c12-8-2-1-3-9(6-8)17-7-11-14-10(4-5-13)15-16-11/h1-3,6H,4-5,7,13H2,(H,14,15,16). The van der Waals surface area contributed by atoms with Crippen molar-refractivity contribution in [2.24, 2.45) is 5.73 Å². The van der Waals surface area contributed by atoms with Crippen molar-refractivity contribution in [2.75, 3.05) is 6.54 Å². The van der Waals surface area contributed by atoms with Gasteiger partial charge in [0.05, 0.1) is 0 Å². The molecule has 6 heteroatoms. The van der Waals surface area contributed by atoms with E-state index in [1.807, 2.05) is 0 Å². The first kappa shape index (κ1) is 11.5. The number of benzene rings is 1. The van der Waals surface area contributed by atoms with Gasteiger partial charge in [0.15, 0.2) is 11.6 Å². The van der Waals surface area contributed by atoms with Crippen molar-refractivity contribution < 1.29 is 9.13 Å². The molecule has 0 atom stereocenters. The van der Waals surface area contributed by atoms with Crippen molar-refractivity contribution >= 4 is 0 Å². The molecule has 0 bridgehead atoms. The van der Waals surface area contributed by atoms with Crippen LogP contribution in [0.5, 0.6) is 5.75 Å². The molecule has 0 spiro atoms. The van der Waals surface area contributed by atoms with Crippen molar-refractivity contribution in [3.63, 3.8) is 0 Å². The molecular weight excluding hydrogens is 223 g/mol. The fourth-order valence-electron chi connectivity index (χ4n) is 1.35. The van der Waals surface area contributed by atoms with E-state index in [9.17, 15) is 4.39 Å². The number of rotatable bonds is 5. The molecule has 0 saturated carbocycles. The summed E-state index contributed by atoms with van der Waals surface area (Å²) in [4.78, 5) is 4.17. The van der Waals surface area contributed by atoms with Crippen LogP contribution in [0.15, 0.2) is 24.3 Å². The SMILES string of the molecule is NCCc1n[nH]c(COc2cccc(F)c2)n1. The highest BCUT2D eigenvalue weighted by Crippen LogP contribution is 2.13. The Labute approximate surface area is 97.8 Å². The van der Waals surface area contributed by atoms with Crippen molar-refractivity contribution in [3.05, 3.63) is 41.7 Å². The Hall–Kier alpha value is -1.95. The van der Waals surface area contributed by atoms with Gasteiger partial charge in [0.1, 0.15) is 18.2 Å². The highest BCUT2D eigenvalue weighted by Gasteiger charge is 2.03. The summed E-state index contributed by atoms with van der Waals surface area (Å²) in [7, 11) is 0. The first-order valence-electron chi connectivity index (χ1n) is 5.26. The van der Waals surface area contributed by atoms with E-state index in [0.717, 1.165) is 0 Å². The zero-order valence-electron chi connectivity index (χ0n) is 9.19. The van der Waals surface area contributed by atoms with E-state index in [1.54, 1.807) is 12.1 Å². The van der Waals surface area contributed by atoms with Crippen molar-refractivity contribution in [1.82, 2.24) is 15.2 Å². The number of H-pyrrole nitrogens is 1. The molecule has 1 aromatic heterocycles. The summed E-state index contributed by atoms with van der Waals surface area (Å²) in [6.45, 7) is 0.725. The van der Waals surface area contributed by atoms with E-state index in [1.165, 1.54) is 12.1 Å². The lowest BCUT2D eigenvalue weighted by molar-refractivity contribution is 0.295. The van der Waals surface area contributed by atoms with Crippen LogP contribution in [0.3, 0.4) is 0 Å². The number of hydrogen-bond acceptors (Lipinski definition) is 4. The Morgan fingerprint density at radius 3 is 3.06 bits per heavy atom. The van der Waals surface area contributed by atoms with Gasteiger partial charge < -0.3 is 10.5 Å². The van der Waals surface area contributed by atoms with Crippen molar-refractivity contribution in [1.29, 1.82) is 0 Å². The minimum Gasteiger partial charge on any atom is -0.486 e. The molecule has 0 aliphatic heterocycles. The van der Waals surface area contributed by atoms with Gasteiger partial charge >= 0.3 is 0 Å². The highest BCUT2D eigenvalue weighted by atomic mass is 19.1. The van der Waals surface area contributed by atoms with E-state index in [4.69, 9.17) is 10.5 Å². The van der Waals surface area contributed by atoms with E-state index in [2.05, 4.69) is 15.2 Å². The second kappa shape index (κ2) is 5.40. The van der Waals surface area contributed by atoms with Crippen molar-refractivity contribution in [2.45, 2.75) is 13.0 Å². The molecule has 0 amide bonds. The van der Waals surface area contributed by atoms with Gasteiger partial charge in [0, 0.05) is 12.5 Å². The van der Waals surface area contributed by atoms with Gasteiger partial charge in [-0.15, -0.1) is 0 Å². The third kappa shape index (κ3) is 3.25. The van der Waals surface area contributed by atoms with Gasteiger partial charge in [-0.1, -0.05) is 6.07 Å². The lowest BCUT2D eigenvalue weighted by Gasteiger charge is -2.02. The predicted octanol–water partition coefficient (Wildman–Crippen LogP) is 1.02. The van der Waals surface area contributed by atoms with Crippen LogP contribution < -0.4 is 10.5 Å². The number of ether oxygens (including phenoxy) is 1. The number of aromatic nitrogens is 3. The zero-order valence-corrected chi connectivity index (χ0v) is 9.19. The number of hydrogen-bond donors (Lipinski definition) is 2. The molecule has 2 aromatic rings. The molecule has 2 rings (SSSR count). The van der Waals surface area contributed by atoms with Gasteiger partial charge in [-0.25, -0.2) is 9.37 Å². The minimum absolute atomic E-state index is 0.223. The maximum atomic E-state index is 12.9. The van der Waals surface area contributed by atoms with E-state index in [0.29, 0.717) is 30.4 Å². The van der Waals surface area contributed by atoms with E-state index >= 15 is 0 Å². The third-order valence-electron chi connectivity index (χ3n) is 2.12. The smallest absolute Gasteiger partial charge is 0.162 e. The lowest BCUT2D eigenvalue weighted by Crippen LogP contribution is -2.04. The molecule has 0 saturated heterocycles. The Bertz CT molecular complexity index is 486. The summed E-state index contributed by atoms with van der Waals surface area (Å²) in [6.07, 6.45) is 0.621. The van der Waals surface area contributed by atoms with Crippen LogP contribution in [-0.4, -0.2) is 21.7 Å². The fourth-order valence-corrected chi connectivity index (χ4v) is 1.35. The molecule has 0 aliphatic carbocycles. The van der Waals surface area contributed by atoms with E-state index in [-0.39, 0.29) is 12.4 Å². The maximum absolute atomic E-state index is 12.9. The zero-order chi connectivity index (χ0) is 12.1. The quantitative estimate of drug-likeness (QED) is 0.812. The fraction of sp³-hybridized carbons (Fsp3) is 0.273. The molecule has 1 heterocycles. The summed E-state index contributed by atoms with van der Waals surface area (Å²) in [5.74, 6) is 1.38. The lowest BCUT2D eigenvalue weighted by atomic mass is 10.3. The van der Waals surface area contributed by atoms with Crippen LogP contribution in [0.1, 0.15) is 11.6 Å². The van der Waals surface area contributed by atoms with Crippen LogP contribution >= 0.6 is 0 Å². The summed E-state index contributed by atoms with van der Waals surface area (Å²) in [5, 5.41) is 6.71. The molecule has 90 valence electrons. The number of halogens is 1. The summed E-state index contributed by atoms with van der Waals surface area (Å²) < 4.78 is 18.2. The van der Waals surface area contributed by atoms with Crippen molar-refractivity contribution in [3.8, 4) is 5.75 Å². The Kier molecular flexibility index (Phi) is 3.66. The average molecular weight is 236 g/mol. The largest absolute Gasteiger partial charge is 0.486 e. The summed E-state index contributed by atoms with van der Waals surface area (Å²) >= 11 is 0. The van der Waals surface area contributed by atoms with Crippen LogP contribution in [0.2, 0.25) is 0 Å². The van der Waals surface area contributed by atoms with Crippen LogP contribution in [0.25, 0.3) is 0 Å².